The maximum atomic E-state index is 12.4. The zero-order valence-electron chi connectivity index (χ0n) is 14.7. The number of benzene rings is 2. The average Bonchev–Trinajstić information content (AvgIpc) is 3.40. The molecule has 1 aliphatic rings. The van der Waals surface area contributed by atoms with Crippen LogP contribution in [0.15, 0.2) is 60.8 Å². The first-order valence-corrected chi connectivity index (χ1v) is 8.91. The van der Waals surface area contributed by atoms with E-state index in [0.29, 0.717) is 12.3 Å². The van der Waals surface area contributed by atoms with E-state index in [1.165, 1.54) is 0 Å². The minimum absolute atomic E-state index is 0.177. The highest BCUT2D eigenvalue weighted by molar-refractivity contribution is 6.02. The summed E-state index contributed by atoms with van der Waals surface area (Å²) in [5.41, 5.74) is 1.76. The summed E-state index contributed by atoms with van der Waals surface area (Å²) in [5.74, 6) is 0.434. The third-order valence-corrected chi connectivity index (χ3v) is 4.32. The van der Waals surface area contributed by atoms with E-state index < -0.39 is 0 Å². The van der Waals surface area contributed by atoms with Crippen molar-refractivity contribution in [2.45, 2.75) is 18.9 Å². The Morgan fingerprint density at radius 3 is 2.74 bits per heavy atom. The summed E-state index contributed by atoms with van der Waals surface area (Å²) in [6, 6.07) is 16.8. The van der Waals surface area contributed by atoms with Crippen molar-refractivity contribution in [2.24, 2.45) is 0 Å². The van der Waals surface area contributed by atoms with Gasteiger partial charge in [0.2, 0.25) is 0 Å². The van der Waals surface area contributed by atoms with Gasteiger partial charge >= 0.3 is 0 Å². The van der Waals surface area contributed by atoms with Gasteiger partial charge in [0.15, 0.2) is 5.69 Å². The fraction of sp³-hybridized carbons (Fsp3) is 0.250. The number of rotatable bonds is 6. The molecule has 1 aliphatic heterocycles. The highest BCUT2D eigenvalue weighted by Crippen LogP contribution is 2.19. The monoisotopic (exact) mass is 364 g/mol. The molecule has 7 nitrogen and oxygen atoms in total. The van der Waals surface area contributed by atoms with Crippen LogP contribution in [0.25, 0.3) is 5.69 Å². The van der Waals surface area contributed by atoms with Crippen LogP contribution in [0.2, 0.25) is 0 Å². The maximum absolute atomic E-state index is 12.4. The van der Waals surface area contributed by atoms with Crippen molar-refractivity contribution in [1.29, 1.82) is 0 Å². The van der Waals surface area contributed by atoms with E-state index >= 15 is 0 Å². The van der Waals surface area contributed by atoms with Crippen LogP contribution >= 0.6 is 0 Å². The summed E-state index contributed by atoms with van der Waals surface area (Å²) in [6.45, 7) is 1.36. The van der Waals surface area contributed by atoms with Gasteiger partial charge in [-0.3, -0.25) is 4.79 Å². The Balaban J connectivity index is 1.34. The van der Waals surface area contributed by atoms with E-state index in [2.05, 4.69) is 15.6 Å². The Labute approximate surface area is 156 Å². The second kappa shape index (κ2) is 8.01. The second-order valence-electron chi connectivity index (χ2n) is 6.31. The molecule has 4 rings (SSSR count). The number of amides is 1. The van der Waals surface area contributed by atoms with Gasteiger partial charge in [-0.15, -0.1) is 5.10 Å². The van der Waals surface area contributed by atoms with E-state index in [4.69, 9.17) is 9.47 Å². The molecule has 7 heteroatoms. The maximum Gasteiger partial charge on any atom is 0.277 e. The van der Waals surface area contributed by atoms with Gasteiger partial charge in [0.25, 0.3) is 5.91 Å². The zero-order chi connectivity index (χ0) is 18.5. The largest absolute Gasteiger partial charge is 0.491 e. The number of hydrogen-bond acceptors (Lipinski definition) is 5. The lowest BCUT2D eigenvalue weighted by molar-refractivity contribution is 0.0679. The molecule has 1 saturated heterocycles. The van der Waals surface area contributed by atoms with E-state index in [-0.39, 0.29) is 17.7 Å². The van der Waals surface area contributed by atoms with Crippen molar-refractivity contribution in [3.05, 3.63) is 66.5 Å². The topological polar surface area (TPSA) is 78.3 Å². The second-order valence-corrected chi connectivity index (χ2v) is 6.31. The van der Waals surface area contributed by atoms with Crippen LogP contribution in [0.4, 0.5) is 5.69 Å². The Morgan fingerprint density at radius 1 is 1.19 bits per heavy atom. The third-order valence-electron chi connectivity index (χ3n) is 4.32. The molecule has 1 unspecified atom stereocenters. The standard InChI is InChI=1S/C20H20N4O3/c25-20(19-13-24(23-22-19)16-5-2-1-3-6-16)21-15-8-10-17(11-9-15)27-14-18-7-4-12-26-18/h1-3,5-6,8-11,13,18H,4,7,12,14H2,(H,21,25). The number of nitrogens with zero attached hydrogens (tertiary/aromatic N) is 3. The summed E-state index contributed by atoms with van der Waals surface area (Å²) in [4.78, 5) is 12.4. The van der Waals surface area contributed by atoms with Crippen molar-refractivity contribution in [1.82, 2.24) is 15.0 Å². The predicted octanol–water partition coefficient (Wildman–Crippen LogP) is 3.08. The van der Waals surface area contributed by atoms with Crippen LogP contribution < -0.4 is 10.1 Å². The molecule has 0 bridgehead atoms. The Kier molecular flexibility index (Phi) is 5.11. The summed E-state index contributed by atoms with van der Waals surface area (Å²) >= 11 is 0. The lowest BCUT2D eigenvalue weighted by Gasteiger charge is -2.11. The third kappa shape index (κ3) is 4.32. The molecule has 138 valence electrons. The molecule has 1 fully saturated rings. The molecule has 27 heavy (non-hydrogen) atoms. The lowest BCUT2D eigenvalue weighted by Crippen LogP contribution is -2.16. The van der Waals surface area contributed by atoms with E-state index in [1.807, 2.05) is 42.5 Å². The fourth-order valence-electron chi connectivity index (χ4n) is 2.87. The van der Waals surface area contributed by atoms with Crippen LogP contribution in [0.3, 0.4) is 0 Å². The number of nitrogens with one attached hydrogen (secondary N) is 1. The molecular formula is C20H20N4O3. The quantitative estimate of drug-likeness (QED) is 0.727. The van der Waals surface area contributed by atoms with Crippen molar-refractivity contribution in [3.8, 4) is 11.4 Å². The van der Waals surface area contributed by atoms with E-state index in [9.17, 15) is 4.79 Å². The summed E-state index contributed by atoms with van der Waals surface area (Å²) in [5, 5.41) is 10.8. The number of para-hydroxylation sites is 1. The summed E-state index contributed by atoms with van der Waals surface area (Å²) in [6.07, 6.45) is 3.91. The van der Waals surface area contributed by atoms with Crippen LogP contribution in [-0.2, 0) is 4.74 Å². The first kappa shape index (κ1) is 17.2. The molecule has 2 heterocycles. The smallest absolute Gasteiger partial charge is 0.277 e. The molecule has 0 spiro atoms. The van der Waals surface area contributed by atoms with Crippen LogP contribution in [0, 0.1) is 0 Å². The van der Waals surface area contributed by atoms with Gasteiger partial charge in [0.1, 0.15) is 12.4 Å². The van der Waals surface area contributed by atoms with Crippen LogP contribution in [0.1, 0.15) is 23.3 Å². The van der Waals surface area contributed by atoms with Crippen molar-refractivity contribution in [3.63, 3.8) is 0 Å². The molecule has 1 atom stereocenters. The molecule has 0 aliphatic carbocycles. The Bertz CT molecular complexity index is 887. The van der Waals surface area contributed by atoms with Gasteiger partial charge in [-0.1, -0.05) is 23.4 Å². The highest BCUT2D eigenvalue weighted by atomic mass is 16.5. The SMILES string of the molecule is O=C(Nc1ccc(OCC2CCCO2)cc1)c1cn(-c2ccccc2)nn1. The normalized spacial score (nSPS) is 16.2. The van der Waals surface area contributed by atoms with Crippen LogP contribution in [0.5, 0.6) is 5.75 Å². The number of anilines is 1. The molecule has 1 N–H and O–H groups in total. The lowest BCUT2D eigenvalue weighted by atomic mass is 10.2. The Hall–Kier alpha value is -3.19. The number of carbonyl (C=O) groups is 1. The zero-order valence-corrected chi connectivity index (χ0v) is 14.7. The van der Waals surface area contributed by atoms with Crippen molar-refractivity contribution in [2.75, 3.05) is 18.5 Å². The Morgan fingerprint density at radius 2 is 2.00 bits per heavy atom. The molecule has 1 amide bonds. The fourth-order valence-corrected chi connectivity index (χ4v) is 2.87. The van der Waals surface area contributed by atoms with Gasteiger partial charge in [-0.2, -0.15) is 0 Å². The average molecular weight is 364 g/mol. The predicted molar refractivity (Wildman–Crippen MR) is 100 cm³/mol. The molecule has 2 aromatic carbocycles. The molecule has 0 saturated carbocycles. The summed E-state index contributed by atoms with van der Waals surface area (Å²) in [7, 11) is 0. The summed E-state index contributed by atoms with van der Waals surface area (Å²) < 4.78 is 12.8. The highest BCUT2D eigenvalue weighted by Gasteiger charge is 2.16. The minimum Gasteiger partial charge on any atom is -0.491 e. The van der Waals surface area contributed by atoms with Crippen LogP contribution in [-0.4, -0.2) is 40.2 Å². The van der Waals surface area contributed by atoms with Crippen molar-refractivity contribution < 1.29 is 14.3 Å². The van der Waals surface area contributed by atoms with E-state index in [0.717, 1.165) is 30.9 Å². The van der Waals surface area contributed by atoms with Gasteiger partial charge < -0.3 is 14.8 Å². The van der Waals surface area contributed by atoms with Gasteiger partial charge in [0.05, 0.1) is 18.0 Å². The number of carbonyl (C=O) groups excluding carboxylic acids is 1. The molecule has 1 aromatic heterocycles. The minimum atomic E-state index is -0.315. The first-order chi connectivity index (χ1) is 13.3. The molecular weight excluding hydrogens is 344 g/mol. The molecule has 0 radical (unpaired) electrons. The van der Waals surface area contributed by atoms with Crippen molar-refractivity contribution >= 4 is 11.6 Å². The number of hydrogen-bond donors (Lipinski definition) is 1. The first-order valence-electron chi connectivity index (χ1n) is 8.91. The van der Waals surface area contributed by atoms with E-state index in [1.54, 1.807) is 23.0 Å². The van der Waals surface area contributed by atoms with Gasteiger partial charge in [0, 0.05) is 12.3 Å². The molecule has 3 aromatic rings. The van der Waals surface area contributed by atoms with Gasteiger partial charge in [-0.05, 0) is 49.2 Å². The van der Waals surface area contributed by atoms with Gasteiger partial charge in [-0.25, -0.2) is 4.68 Å². The number of ether oxygens (including phenoxy) is 2. The number of aromatic nitrogens is 3.